The van der Waals surface area contributed by atoms with Gasteiger partial charge in [-0.05, 0) is 29.8 Å². The number of nitrogens with one attached hydrogen (secondary N) is 1. The van der Waals surface area contributed by atoms with E-state index >= 15 is 0 Å². The number of hydrogen-bond acceptors (Lipinski definition) is 5. The lowest BCUT2D eigenvalue weighted by molar-refractivity contribution is -0.384. The van der Waals surface area contributed by atoms with E-state index in [0.29, 0.717) is 17.6 Å². The van der Waals surface area contributed by atoms with Crippen molar-refractivity contribution in [1.82, 2.24) is 9.78 Å². The number of para-hydroxylation sites is 1. The number of hydrogen-bond donors (Lipinski definition) is 2. The third-order valence-electron chi connectivity index (χ3n) is 4.73. The predicted molar refractivity (Wildman–Crippen MR) is 115 cm³/mol. The zero-order valence-electron chi connectivity index (χ0n) is 16.2. The van der Waals surface area contributed by atoms with Gasteiger partial charge in [-0.25, -0.2) is 0 Å². The maximum atomic E-state index is 12.5. The Morgan fingerprint density at radius 1 is 1.03 bits per heavy atom. The highest BCUT2D eigenvalue weighted by molar-refractivity contribution is 6.05. The quantitative estimate of drug-likeness (QED) is 0.368. The maximum Gasteiger partial charge on any atom is 0.270 e. The molecular formula is C22H17N5O4. The van der Waals surface area contributed by atoms with E-state index in [1.807, 2.05) is 24.3 Å². The van der Waals surface area contributed by atoms with Crippen molar-refractivity contribution in [1.29, 1.82) is 0 Å². The van der Waals surface area contributed by atoms with Gasteiger partial charge in [0.15, 0.2) is 5.69 Å². The molecule has 0 spiro atoms. The summed E-state index contributed by atoms with van der Waals surface area (Å²) in [6, 6.07) is 19.9. The summed E-state index contributed by atoms with van der Waals surface area (Å²) in [5.41, 5.74) is 7.80. The number of aromatic nitrogens is 2. The number of rotatable bonds is 6. The monoisotopic (exact) mass is 415 g/mol. The minimum absolute atomic E-state index is 0.155. The van der Waals surface area contributed by atoms with Crippen LogP contribution in [0.4, 0.5) is 11.4 Å². The molecule has 154 valence electrons. The van der Waals surface area contributed by atoms with Crippen molar-refractivity contribution in [2.45, 2.75) is 6.54 Å². The maximum absolute atomic E-state index is 12.5. The van der Waals surface area contributed by atoms with E-state index in [4.69, 9.17) is 5.73 Å². The molecule has 0 fully saturated rings. The fraction of sp³-hybridized carbons (Fsp3) is 0.0455. The second-order valence-electron chi connectivity index (χ2n) is 6.85. The molecule has 4 rings (SSSR count). The lowest BCUT2D eigenvalue weighted by atomic mass is 10.1. The number of nitrogens with zero attached hydrogens (tertiary/aromatic N) is 3. The Kier molecular flexibility index (Phi) is 5.15. The molecule has 4 aromatic rings. The van der Waals surface area contributed by atoms with Crippen LogP contribution in [0, 0.1) is 10.1 Å². The third-order valence-corrected chi connectivity index (χ3v) is 4.73. The van der Waals surface area contributed by atoms with Crippen LogP contribution < -0.4 is 11.1 Å². The molecule has 0 unspecified atom stereocenters. The van der Waals surface area contributed by atoms with Crippen molar-refractivity contribution in [3.05, 3.63) is 99.7 Å². The first kappa shape index (κ1) is 19.8. The number of amides is 2. The molecule has 1 heterocycles. The lowest BCUT2D eigenvalue weighted by Crippen LogP contribution is -2.13. The number of nitro benzene ring substituents is 1. The summed E-state index contributed by atoms with van der Waals surface area (Å²) in [4.78, 5) is 34.6. The Hall–Kier alpha value is -4.53. The zero-order chi connectivity index (χ0) is 22.0. The van der Waals surface area contributed by atoms with E-state index in [1.54, 1.807) is 28.9 Å². The van der Waals surface area contributed by atoms with Gasteiger partial charge in [0, 0.05) is 28.8 Å². The van der Waals surface area contributed by atoms with Gasteiger partial charge in [0.25, 0.3) is 17.5 Å². The minimum Gasteiger partial charge on any atom is -0.364 e. The van der Waals surface area contributed by atoms with Gasteiger partial charge in [0.1, 0.15) is 0 Å². The van der Waals surface area contributed by atoms with Crippen LogP contribution in [0.1, 0.15) is 26.4 Å². The number of benzene rings is 3. The first-order chi connectivity index (χ1) is 14.9. The average molecular weight is 415 g/mol. The number of nitrogens with two attached hydrogens (primary N) is 1. The molecule has 9 nitrogen and oxygen atoms in total. The van der Waals surface area contributed by atoms with E-state index in [-0.39, 0.29) is 16.9 Å². The Bertz CT molecular complexity index is 1330. The number of fused-ring (bicyclic) bond motifs is 1. The van der Waals surface area contributed by atoms with Crippen molar-refractivity contribution in [2.75, 3.05) is 5.32 Å². The highest BCUT2D eigenvalue weighted by Gasteiger charge is 2.15. The van der Waals surface area contributed by atoms with E-state index in [9.17, 15) is 19.7 Å². The topological polar surface area (TPSA) is 133 Å². The highest BCUT2D eigenvalue weighted by Crippen LogP contribution is 2.21. The van der Waals surface area contributed by atoms with Crippen molar-refractivity contribution in [2.24, 2.45) is 5.73 Å². The molecule has 0 radical (unpaired) electrons. The Morgan fingerprint density at radius 2 is 1.81 bits per heavy atom. The van der Waals surface area contributed by atoms with Crippen molar-refractivity contribution in [3.8, 4) is 0 Å². The normalized spacial score (nSPS) is 10.7. The van der Waals surface area contributed by atoms with Gasteiger partial charge >= 0.3 is 0 Å². The molecule has 2 amide bonds. The zero-order valence-corrected chi connectivity index (χ0v) is 16.2. The molecule has 1 aromatic heterocycles. The van der Waals surface area contributed by atoms with Crippen LogP contribution in [-0.2, 0) is 6.54 Å². The first-order valence-electron chi connectivity index (χ1n) is 9.32. The molecular weight excluding hydrogens is 398 g/mol. The second kappa shape index (κ2) is 8.07. The smallest absolute Gasteiger partial charge is 0.270 e. The van der Waals surface area contributed by atoms with Gasteiger partial charge in [0.2, 0.25) is 0 Å². The standard InChI is InChI=1S/C22H17N5O4/c23-21(28)20-18-9-1-2-10-19(18)26(25-20)13-14-5-3-7-16(11-14)24-22(29)15-6-4-8-17(12-15)27(30)31/h1-12H,13H2,(H2,23,28)(H,24,29). The molecule has 0 aliphatic carbocycles. The Labute approximate surface area is 176 Å². The number of non-ortho nitro benzene ring substituents is 1. The third kappa shape index (κ3) is 4.10. The van der Waals surface area contributed by atoms with Crippen LogP contribution in [0.2, 0.25) is 0 Å². The van der Waals surface area contributed by atoms with Gasteiger partial charge in [-0.1, -0.05) is 36.4 Å². The fourth-order valence-corrected chi connectivity index (χ4v) is 3.31. The van der Waals surface area contributed by atoms with Crippen molar-refractivity contribution < 1.29 is 14.5 Å². The molecule has 0 saturated heterocycles. The lowest BCUT2D eigenvalue weighted by Gasteiger charge is -2.09. The van der Waals surface area contributed by atoms with Gasteiger partial charge < -0.3 is 11.1 Å². The molecule has 3 N–H and O–H groups in total. The summed E-state index contributed by atoms with van der Waals surface area (Å²) in [7, 11) is 0. The molecule has 0 bridgehead atoms. The molecule has 0 atom stereocenters. The summed E-state index contributed by atoms with van der Waals surface area (Å²) in [5.74, 6) is -1.06. The Balaban J connectivity index is 1.58. The molecule has 0 aliphatic heterocycles. The van der Waals surface area contributed by atoms with Gasteiger partial charge in [-0.3, -0.25) is 24.4 Å². The van der Waals surface area contributed by atoms with E-state index in [0.717, 1.165) is 11.1 Å². The van der Waals surface area contributed by atoms with Crippen LogP contribution >= 0.6 is 0 Å². The SMILES string of the molecule is NC(=O)c1nn(Cc2cccc(NC(=O)c3cccc([N+](=O)[O-])c3)c2)c2ccccc12. The van der Waals surface area contributed by atoms with Gasteiger partial charge in [0.05, 0.1) is 17.0 Å². The summed E-state index contributed by atoms with van der Waals surface area (Å²) < 4.78 is 1.68. The predicted octanol–water partition coefficient (Wildman–Crippen LogP) is 3.34. The largest absolute Gasteiger partial charge is 0.364 e. The fourth-order valence-electron chi connectivity index (χ4n) is 3.31. The Morgan fingerprint density at radius 3 is 2.58 bits per heavy atom. The van der Waals surface area contributed by atoms with Crippen molar-refractivity contribution >= 4 is 34.1 Å². The number of anilines is 1. The van der Waals surface area contributed by atoms with Crippen LogP contribution in [0.5, 0.6) is 0 Å². The van der Waals surface area contributed by atoms with Crippen LogP contribution in [-0.4, -0.2) is 26.5 Å². The summed E-state index contributed by atoms with van der Waals surface area (Å²) >= 11 is 0. The van der Waals surface area contributed by atoms with Crippen LogP contribution in [0.3, 0.4) is 0 Å². The van der Waals surface area contributed by atoms with E-state index in [2.05, 4.69) is 10.4 Å². The van der Waals surface area contributed by atoms with E-state index < -0.39 is 16.7 Å². The van der Waals surface area contributed by atoms with Gasteiger partial charge in [-0.2, -0.15) is 5.10 Å². The summed E-state index contributed by atoms with van der Waals surface area (Å²) in [6.07, 6.45) is 0. The van der Waals surface area contributed by atoms with Crippen molar-refractivity contribution in [3.63, 3.8) is 0 Å². The molecule has 0 aliphatic rings. The minimum atomic E-state index is -0.604. The number of carbonyl (C=O) groups is 2. The summed E-state index contributed by atoms with van der Waals surface area (Å²) in [6.45, 7) is 0.355. The number of carbonyl (C=O) groups excluding carboxylic acids is 2. The molecule has 9 heteroatoms. The van der Waals surface area contributed by atoms with Crippen LogP contribution in [0.25, 0.3) is 10.9 Å². The first-order valence-corrected chi connectivity index (χ1v) is 9.32. The number of primary amides is 1. The molecule has 3 aromatic carbocycles. The van der Waals surface area contributed by atoms with E-state index in [1.165, 1.54) is 24.3 Å². The highest BCUT2D eigenvalue weighted by atomic mass is 16.6. The second-order valence-corrected chi connectivity index (χ2v) is 6.85. The number of nitro groups is 1. The molecule has 31 heavy (non-hydrogen) atoms. The van der Waals surface area contributed by atoms with Gasteiger partial charge in [-0.15, -0.1) is 0 Å². The van der Waals surface area contributed by atoms with Crippen LogP contribution in [0.15, 0.2) is 72.8 Å². The average Bonchev–Trinajstić information content (AvgIpc) is 3.13. The molecule has 0 saturated carbocycles. The summed E-state index contributed by atoms with van der Waals surface area (Å²) in [5, 5.41) is 18.7.